The molecule has 4 nitrogen and oxygen atoms in total. The van der Waals surface area contributed by atoms with Crippen LogP contribution < -0.4 is 5.32 Å². The lowest BCUT2D eigenvalue weighted by atomic mass is 10.1. The van der Waals surface area contributed by atoms with Gasteiger partial charge in [0.25, 0.3) is 0 Å². The fraction of sp³-hybridized carbons (Fsp3) is 0.800. The van der Waals surface area contributed by atoms with Gasteiger partial charge in [0.1, 0.15) is 0 Å². The fourth-order valence-electron chi connectivity index (χ4n) is 2.17. The molecule has 0 amide bonds. The highest BCUT2D eigenvalue weighted by Gasteiger charge is 2.14. The number of rotatable bonds is 9. The molecule has 110 valence electrons. The molecule has 0 radical (unpaired) electrons. The average molecular weight is 267 g/mol. The molecular weight excluding hydrogens is 238 g/mol. The molecule has 0 saturated carbocycles. The van der Waals surface area contributed by atoms with Crippen LogP contribution in [-0.2, 0) is 24.1 Å². The highest BCUT2D eigenvalue weighted by atomic mass is 16.5. The SMILES string of the molecule is CCNC(COC(C)C)Cc1cc(CC)nn1CC. The van der Waals surface area contributed by atoms with E-state index in [0.717, 1.165) is 32.5 Å². The Labute approximate surface area is 117 Å². The minimum atomic E-state index is 0.281. The molecule has 1 rings (SSSR count). The van der Waals surface area contributed by atoms with Gasteiger partial charge in [-0.25, -0.2) is 0 Å². The van der Waals surface area contributed by atoms with Crippen molar-refractivity contribution >= 4 is 0 Å². The molecule has 0 saturated heterocycles. The zero-order valence-electron chi connectivity index (χ0n) is 13.1. The number of nitrogens with zero attached hydrogens (tertiary/aromatic N) is 2. The Morgan fingerprint density at radius 1 is 1.32 bits per heavy atom. The monoisotopic (exact) mass is 267 g/mol. The third-order valence-electron chi connectivity index (χ3n) is 3.15. The largest absolute Gasteiger partial charge is 0.377 e. The molecule has 0 aliphatic rings. The molecule has 1 aromatic heterocycles. The van der Waals surface area contributed by atoms with Crippen LogP contribution in [0.2, 0.25) is 0 Å². The van der Waals surface area contributed by atoms with Crippen LogP contribution >= 0.6 is 0 Å². The molecule has 1 heterocycles. The van der Waals surface area contributed by atoms with Crippen molar-refractivity contribution in [3.63, 3.8) is 0 Å². The highest BCUT2D eigenvalue weighted by molar-refractivity contribution is 5.12. The van der Waals surface area contributed by atoms with Crippen LogP contribution in [0.1, 0.15) is 46.0 Å². The lowest BCUT2D eigenvalue weighted by Gasteiger charge is -2.19. The summed E-state index contributed by atoms with van der Waals surface area (Å²) in [5.74, 6) is 0. The Hall–Kier alpha value is -0.870. The van der Waals surface area contributed by atoms with Crippen molar-refractivity contribution < 1.29 is 4.74 Å². The summed E-state index contributed by atoms with van der Waals surface area (Å²) in [6, 6.07) is 2.59. The van der Waals surface area contributed by atoms with E-state index in [2.05, 4.69) is 55.8 Å². The number of hydrogen-bond donors (Lipinski definition) is 1. The predicted octanol–water partition coefficient (Wildman–Crippen LogP) is 2.41. The summed E-state index contributed by atoms with van der Waals surface area (Å²) in [6.45, 7) is 13.2. The van der Waals surface area contributed by atoms with E-state index in [1.807, 2.05) is 0 Å². The van der Waals surface area contributed by atoms with Crippen molar-refractivity contribution in [2.45, 2.75) is 66.2 Å². The first-order valence-electron chi connectivity index (χ1n) is 7.51. The van der Waals surface area contributed by atoms with Gasteiger partial charge < -0.3 is 10.1 Å². The standard InChI is InChI=1S/C15H29N3O/c1-6-13-9-15(18(8-3)17-13)10-14(16-7-2)11-19-12(4)5/h9,12,14,16H,6-8,10-11H2,1-5H3. The number of aryl methyl sites for hydroxylation is 2. The van der Waals surface area contributed by atoms with E-state index in [9.17, 15) is 0 Å². The smallest absolute Gasteiger partial charge is 0.0626 e. The Morgan fingerprint density at radius 2 is 2.05 bits per heavy atom. The molecule has 0 spiro atoms. The molecule has 0 bridgehead atoms. The van der Waals surface area contributed by atoms with E-state index in [4.69, 9.17) is 4.74 Å². The number of likely N-dealkylation sites (N-methyl/N-ethyl adjacent to an activating group) is 1. The summed E-state index contributed by atoms with van der Waals surface area (Å²) in [4.78, 5) is 0. The number of nitrogens with one attached hydrogen (secondary N) is 1. The van der Waals surface area contributed by atoms with Crippen molar-refractivity contribution in [1.29, 1.82) is 0 Å². The maximum absolute atomic E-state index is 5.74. The summed E-state index contributed by atoms with van der Waals surface area (Å²) in [5.41, 5.74) is 2.48. The highest BCUT2D eigenvalue weighted by Crippen LogP contribution is 2.09. The predicted molar refractivity (Wildman–Crippen MR) is 79.5 cm³/mol. The van der Waals surface area contributed by atoms with Crippen LogP contribution in [0.25, 0.3) is 0 Å². The van der Waals surface area contributed by atoms with E-state index < -0.39 is 0 Å². The molecular formula is C15H29N3O. The summed E-state index contributed by atoms with van der Waals surface area (Å²) >= 11 is 0. The topological polar surface area (TPSA) is 39.1 Å². The van der Waals surface area contributed by atoms with Crippen molar-refractivity contribution in [2.75, 3.05) is 13.2 Å². The Balaban J connectivity index is 2.68. The summed E-state index contributed by atoms with van der Waals surface area (Å²) in [5, 5.41) is 8.10. The normalized spacial score (nSPS) is 13.2. The van der Waals surface area contributed by atoms with Crippen LogP contribution in [-0.4, -0.2) is 35.1 Å². The van der Waals surface area contributed by atoms with Gasteiger partial charge in [0.05, 0.1) is 18.4 Å². The quantitative estimate of drug-likeness (QED) is 0.747. The Bertz CT molecular complexity index is 360. The van der Waals surface area contributed by atoms with Gasteiger partial charge in [0, 0.05) is 24.7 Å². The maximum atomic E-state index is 5.74. The van der Waals surface area contributed by atoms with E-state index >= 15 is 0 Å². The number of ether oxygens (including phenoxy) is 1. The van der Waals surface area contributed by atoms with Gasteiger partial charge in [-0.15, -0.1) is 0 Å². The molecule has 0 aliphatic heterocycles. The zero-order chi connectivity index (χ0) is 14.3. The van der Waals surface area contributed by atoms with E-state index in [1.54, 1.807) is 0 Å². The van der Waals surface area contributed by atoms with Crippen LogP contribution in [0.5, 0.6) is 0 Å². The number of aromatic nitrogens is 2. The molecule has 0 aliphatic carbocycles. The molecule has 1 atom stereocenters. The second-order valence-electron chi connectivity index (χ2n) is 5.14. The third kappa shape index (κ3) is 5.33. The van der Waals surface area contributed by atoms with Crippen molar-refractivity contribution in [3.05, 3.63) is 17.5 Å². The molecule has 1 N–H and O–H groups in total. The fourth-order valence-corrected chi connectivity index (χ4v) is 2.17. The molecule has 0 fully saturated rings. The van der Waals surface area contributed by atoms with Gasteiger partial charge in [0.15, 0.2) is 0 Å². The minimum absolute atomic E-state index is 0.281. The first-order valence-corrected chi connectivity index (χ1v) is 7.51. The van der Waals surface area contributed by atoms with Gasteiger partial charge in [-0.05, 0) is 39.8 Å². The van der Waals surface area contributed by atoms with E-state index in [0.29, 0.717) is 6.04 Å². The lowest BCUT2D eigenvalue weighted by molar-refractivity contribution is 0.0612. The molecule has 1 unspecified atom stereocenters. The third-order valence-corrected chi connectivity index (χ3v) is 3.15. The minimum Gasteiger partial charge on any atom is -0.377 e. The summed E-state index contributed by atoms with van der Waals surface area (Å²) in [6.07, 6.45) is 2.25. The molecule has 1 aromatic rings. The number of hydrogen-bond acceptors (Lipinski definition) is 3. The first kappa shape index (κ1) is 16.2. The Morgan fingerprint density at radius 3 is 2.58 bits per heavy atom. The van der Waals surface area contributed by atoms with Gasteiger partial charge >= 0.3 is 0 Å². The van der Waals surface area contributed by atoms with Crippen LogP contribution in [0.15, 0.2) is 6.07 Å². The van der Waals surface area contributed by atoms with Gasteiger partial charge in [0.2, 0.25) is 0 Å². The first-order chi connectivity index (χ1) is 9.10. The average Bonchev–Trinajstić information content (AvgIpc) is 2.78. The molecule has 19 heavy (non-hydrogen) atoms. The van der Waals surface area contributed by atoms with Gasteiger partial charge in [-0.3, -0.25) is 4.68 Å². The van der Waals surface area contributed by atoms with Crippen molar-refractivity contribution in [2.24, 2.45) is 0 Å². The van der Waals surface area contributed by atoms with Gasteiger partial charge in [-0.2, -0.15) is 5.10 Å². The zero-order valence-corrected chi connectivity index (χ0v) is 13.1. The molecule has 0 aromatic carbocycles. The lowest BCUT2D eigenvalue weighted by Crippen LogP contribution is -2.36. The summed E-state index contributed by atoms with van der Waals surface area (Å²) in [7, 11) is 0. The van der Waals surface area contributed by atoms with Crippen LogP contribution in [0.3, 0.4) is 0 Å². The van der Waals surface area contributed by atoms with Gasteiger partial charge in [-0.1, -0.05) is 13.8 Å². The Kier molecular flexibility index (Phi) is 7.10. The van der Waals surface area contributed by atoms with Crippen LogP contribution in [0, 0.1) is 0 Å². The molecule has 4 heteroatoms. The van der Waals surface area contributed by atoms with E-state index in [1.165, 1.54) is 11.4 Å². The summed E-state index contributed by atoms with van der Waals surface area (Å²) < 4.78 is 7.85. The second kappa shape index (κ2) is 8.33. The van der Waals surface area contributed by atoms with Crippen molar-refractivity contribution in [3.8, 4) is 0 Å². The van der Waals surface area contributed by atoms with E-state index in [-0.39, 0.29) is 6.10 Å². The van der Waals surface area contributed by atoms with Crippen molar-refractivity contribution in [1.82, 2.24) is 15.1 Å². The maximum Gasteiger partial charge on any atom is 0.0626 e. The van der Waals surface area contributed by atoms with Crippen LogP contribution in [0.4, 0.5) is 0 Å². The second-order valence-corrected chi connectivity index (χ2v) is 5.14.